The number of rotatable bonds is 0. The van der Waals surface area contributed by atoms with Gasteiger partial charge in [0.15, 0.2) is 34.7 Å². The third-order valence-corrected chi connectivity index (χ3v) is 0. The minimum Gasteiger partial charge on any atom is -1.00 e. The smallest absolute Gasteiger partial charge is 1.00 e. The van der Waals surface area contributed by atoms with Gasteiger partial charge < -0.3 is 22.0 Å². The van der Waals surface area contributed by atoms with Crippen LogP contribution in [-0.2, 0) is 0 Å². The zero-order chi connectivity index (χ0) is 4.50. The maximum absolute atomic E-state index is 7.33. The van der Waals surface area contributed by atoms with E-state index in [-0.39, 0.29) is 75.3 Å². The third kappa shape index (κ3) is 133. The molecule has 0 spiro atoms. The Hall–Kier alpha value is 2.32. The summed E-state index contributed by atoms with van der Waals surface area (Å²) in [5.74, 6) is 0. The molecule has 0 aromatic rings. The summed E-state index contributed by atoms with van der Waals surface area (Å²) in [6, 6.07) is 0. The molecular weight excluding hydrogens is 160 g/mol. The van der Waals surface area contributed by atoms with Crippen LogP contribution in [0.3, 0.4) is 0 Å². The quantitative estimate of drug-likeness (QED) is 0.273. The van der Waals surface area contributed by atoms with Gasteiger partial charge in [-0.15, -0.1) is 0 Å². The molecule has 0 saturated heterocycles. The van der Waals surface area contributed by atoms with E-state index in [0.717, 1.165) is 0 Å². The molecule has 0 rings (SSSR count). The van der Waals surface area contributed by atoms with Crippen molar-refractivity contribution in [1.82, 2.24) is 0 Å². The molecule has 0 saturated carbocycles. The first-order valence-corrected chi connectivity index (χ1v) is 2.68. The molecule has 0 aliphatic carbocycles. The average Bonchev–Trinajstić information content (AvgIpc) is 0.722. The molecule has 0 heterocycles. The van der Waals surface area contributed by atoms with E-state index in [1.807, 2.05) is 0 Å². The molecule has 0 aromatic heterocycles. The summed E-state index contributed by atoms with van der Waals surface area (Å²) in [5.41, 5.74) is 0. The zero-order valence-corrected chi connectivity index (χ0v) is 5.29. The SMILES string of the molecule is O[Si](O)(O)O.[AlH3].[AlH3].[H-].[H-].[Li+].[Li+]. The Labute approximate surface area is 103 Å². The second-order valence-electron chi connectivity index (χ2n) is 0.600. The van der Waals surface area contributed by atoms with Gasteiger partial charge >= 0.3 is 46.8 Å². The predicted molar refractivity (Wildman–Crippen MR) is 36.7 cm³/mol. The Kier molecular flexibility index (Phi) is 43.4. The summed E-state index contributed by atoms with van der Waals surface area (Å²) >= 11 is 0. The minimum absolute atomic E-state index is 0. The fraction of sp³-hybridized carbons (Fsp3) is 0. The van der Waals surface area contributed by atoms with E-state index in [1.165, 1.54) is 0 Å². The molecule has 48 valence electrons. The molecule has 0 radical (unpaired) electrons. The van der Waals surface area contributed by atoms with Crippen molar-refractivity contribution in [3.05, 3.63) is 0 Å². The molecule has 0 atom stereocenters. The molecule has 0 aliphatic heterocycles. The maximum atomic E-state index is 7.33. The van der Waals surface area contributed by atoms with Crippen LogP contribution in [0.25, 0.3) is 0 Å². The molecule has 4 nitrogen and oxygen atoms in total. The van der Waals surface area contributed by atoms with E-state index < -0.39 is 9.05 Å². The van der Waals surface area contributed by atoms with Gasteiger partial charge in [-0.25, -0.2) is 0 Å². The summed E-state index contributed by atoms with van der Waals surface area (Å²) < 4.78 is 0. The van der Waals surface area contributed by atoms with E-state index in [2.05, 4.69) is 0 Å². The molecular formula is H12Al2Li2O4Si. The van der Waals surface area contributed by atoms with Gasteiger partial charge in [0.05, 0.1) is 0 Å². The van der Waals surface area contributed by atoms with Gasteiger partial charge in [-0.2, -0.15) is 0 Å². The second-order valence-corrected chi connectivity index (χ2v) is 1.80. The first-order valence-electron chi connectivity index (χ1n) is 0.894. The topological polar surface area (TPSA) is 80.9 Å². The van der Waals surface area contributed by atoms with Crippen LogP contribution in [0.15, 0.2) is 0 Å². The molecule has 0 aromatic carbocycles. The van der Waals surface area contributed by atoms with Crippen LogP contribution in [0.5, 0.6) is 0 Å². The van der Waals surface area contributed by atoms with Crippen molar-refractivity contribution in [2.75, 3.05) is 0 Å². The van der Waals surface area contributed by atoms with Gasteiger partial charge in [-0.1, -0.05) is 0 Å². The van der Waals surface area contributed by atoms with Crippen molar-refractivity contribution in [2.45, 2.75) is 0 Å². The normalized spacial score (nSPS) is 6.67. The van der Waals surface area contributed by atoms with E-state index in [9.17, 15) is 0 Å². The van der Waals surface area contributed by atoms with Crippen LogP contribution in [0.1, 0.15) is 2.85 Å². The summed E-state index contributed by atoms with van der Waals surface area (Å²) in [7, 11) is -4.61. The molecule has 0 unspecified atom stereocenters. The van der Waals surface area contributed by atoms with Gasteiger partial charge in [0.1, 0.15) is 0 Å². The third-order valence-electron chi connectivity index (χ3n) is 0. The number of hydrogen-bond acceptors (Lipinski definition) is 4. The van der Waals surface area contributed by atoms with E-state index in [0.29, 0.717) is 0 Å². The molecule has 9 heteroatoms. The van der Waals surface area contributed by atoms with Crippen molar-refractivity contribution < 1.29 is 59.8 Å². The van der Waals surface area contributed by atoms with Crippen molar-refractivity contribution in [3.8, 4) is 0 Å². The van der Waals surface area contributed by atoms with Crippen molar-refractivity contribution in [2.24, 2.45) is 0 Å². The second kappa shape index (κ2) is 12.9. The first-order chi connectivity index (χ1) is 2.00. The van der Waals surface area contributed by atoms with Crippen LogP contribution in [0, 0.1) is 0 Å². The van der Waals surface area contributed by atoms with Crippen molar-refractivity contribution >= 4 is 43.8 Å². The Morgan fingerprint density at radius 3 is 0.778 bits per heavy atom. The average molecular weight is 172 g/mol. The molecule has 0 bridgehead atoms. The van der Waals surface area contributed by atoms with Gasteiger partial charge in [0, 0.05) is 0 Å². The zero-order valence-electron chi connectivity index (χ0n) is 6.29. The largest absolute Gasteiger partial charge is 1.00 e. The van der Waals surface area contributed by atoms with Crippen LogP contribution in [0.2, 0.25) is 0 Å². The minimum atomic E-state index is -4.61. The summed E-state index contributed by atoms with van der Waals surface area (Å²) in [6.45, 7) is 0. The Morgan fingerprint density at radius 1 is 0.778 bits per heavy atom. The van der Waals surface area contributed by atoms with Crippen LogP contribution in [0.4, 0.5) is 0 Å². The summed E-state index contributed by atoms with van der Waals surface area (Å²) in [5, 5.41) is 0. The van der Waals surface area contributed by atoms with E-state index in [1.54, 1.807) is 0 Å². The van der Waals surface area contributed by atoms with Crippen molar-refractivity contribution in [1.29, 1.82) is 0 Å². The molecule has 9 heavy (non-hydrogen) atoms. The van der Waals surface area contributed by atoms with Gasteiger partial charge in [0.25, 0.3) is 0 Å². The van der Waals surface area contributed by atoms with Gasteiger partial charge in [-0.3, -0.25) is 0 Å². The Bertz CT molecular complexity index is 39.6. The Balaban J connectivity index is -0.00000000533. The summed E-state index contributed by atoms with van der Waals surface area (Å²) in [6.07, 6.45) is 0. The van der Waals surface area contributed by atoms with Gasteiger partial charge in [0.2, 0.25) is 0 Å². The van der Waals surface area contributed by atoms with E-state index in [4.69, 9.17) is 19.2 Å². The molecule has 0 fully saturated rings. The van der Waals surface area contributed by atoms with Crippen LogP contribution >= 0.6 is 0 Å². The maximum Gasteiger partial charge on any atom is 1.00 e. The monoisotopic (exact) mass is 172 g/mol. The van der Waals surface area contributed by atoms with E-state index >= 15 is 0 Å². The van der Waals surface area contributed by atoms with Crippen LogP contribution in [-0.4, -0.2) is 63.0 Å². The standard InChI is InChI=1S/2Al.2Li.H4O4Si.8H/c;;;;1-5(2,3)4;;;;;;;;/h;;;;1-4H;;;;;;;;/q;;2*+1;;;;;;;;2*-1. The van der Waals surface area contributed by atoms with Crippen LogP contribution < -0.4 is 37.7 Å². The first kappa shape index (κ1) is 30.2. The molecule has 0 aliphatic rings. The fourth-order valence-electron chi connectivity index (χ4n) is 0. The molecule has 4 N–H and O–H groups in total. The predicted octanol–water partition coefficient (Wildman–Crippen LogP) is -10.7. The fourth-order valence-corrected chi connectivity index (χ4v) is 0. The molecule has 0 amide bonds. The van der Waals surface area contributed by atoms with Gasteiger partial charge in [-0.05, 0) is 0 Å². The number of hydrogen-bond donors (Lipinski definition) is 4. The Morgan fingerprint density at radius 2 is 0.778 bits per heavy atom. The van der Waals surface area contributed by atoms with Crippen molar-refractivity contribution in [3.63, 3.8) is 0 Å². The summed E-state index contributed by atoms with van der Waals surface area (Å²) in [4.78, 5) is 29.3.